The summed E-state index contributed by atoms with van der Waals surface area (Å²) in [4.78, 5) is 1.45. The molecule has 0 aliphatic carbocycles. The van der Waals surface area contributed by atoms with E-state index in [-0.39, 0.29) is 12.6 Å². The van der Waals surface area contributed by atoms with E-state index < -0.39 is 12.2 Å². The van der Waals surface area contributed by atoms with E-state index in [4.69, 9.17) is 0 Å². The van der Waals surface area contributed by atoms with Crippen molar-refractivity contribution in [1.82, 2.24) is 4.90 Å². The van der Waals surface area contributed by atoms with E-state index in [0.717, 1.165) is 5.56 Å². The molecule has 0 saturated carbocycles. The average Bonchev–Trinajstić information content (AvgIpc) is 2.97. The summed E-state index contributed by atoms with van der Waals surface area (Å²) in [6.45, 7) is 1.93. The van der Waals surface area contributed by atoms with E-state index in [0.29, 0.717) is 0 Å². The third kappa shape index (κ3) is 2.15. The predicted molar refractivity (Wildman–Crippen MR) is 51.4 cm³/mol. The molecule has 4 heteroatoms. The highest BCUT2D eigenvalue weighted by molar-refractivity contribution is 5.20. The number of halogens is 3. The molecular weight excluding hydrogens is 203 g/mol. The van der Waals surface area contributed by atoms with Crippen LogP contribution in [0, 0.1) is 0 Å². The molecule has 0 N–H and O–H groups in total. The van der Waals surface area contributed by atoms with Crippen LogP contribution in [0.2, 0.25) is 0 Å². The van der Waals surface area contributed by atoms with Crippen molar-refractivity contribution in [3.05, 3.63) is 35.9 Å². The Morgan fingerprint density at radius 1 is 1.27 bits per heavy atom. The number of rotatable bonds is 2. The van der Waals surface area contributed by atoms with Crippen LogP contribution in [0.5, 0.6) is 0 Å². The molecule has 0 radical (unpaired) electrons. The van der Waals surface area contributed by atoms with Crippen LogP contribution in [0.3, 0.4) is 0 Å². The Morgan fingerprint density at radius 3 is 2.33 bits per heavy atom. The average molecular weight is 215 g/mol. The maximum atomic E-state index is 12.3. The molecule has 1 aromatic rings. The lowest BCUT2D eigenvalue weighted by atomic mass is 10.1. The Hall–Kier alpha value is -1.03. The maximum Gasteiger partial charge on any atom is 0.405 e. The zero-order valence-electron chi connectivity index (χ0n) is 8.33. The van der Waals surface area contributed by atoms with Gasteiger partial charge in [-0.3, -0.25) is 4.90 Å². The van der Waals surface area contributed by atoms with E-state index in [1.54, 1.807) is 6.92 Å². The monoisotopic (exact) mass is 215 g/mol. The molecule has 15 heavy (non-hydrogen) atoms. The van der Waals surface area contributed by atoms with Gasteiger partial charge in [-0.25, -0.2) is 0 Å². The summed E-state index contributed by atoms with van der Waals surface area (Å²) in [5.41, 5.74) is 0.934. The van der Waals surface area contributed by atoms with Gasteiger partial charge in [-0.2, -0.15) is 13.2 Å². The van der Waals surface area contributed by atoms with Gasteiger partial charge in [0.1, 0.15) is 6.04 Å². The largest absolute Gasteiger partial charge is 0.405 e. The number of alkyl halides is 3. The van der Waals surface area contributed by atoms with E-state index in [1.807, 2.05) is 30.3 Å². The molecule has 1 unspecified atom stereocenters. The number of benzene rings is 1. The van der Waals surface area contributed by atoms with Crippen molar-refractivity contribution in [2.45, 2.75) is 25.2 Å². The summed E-state index contributed by atoms with van der Waals surface area (Å²) < 4.78 is 37.0. The van der Waals surface area contributed by atoms with Gasteiger partial charge in [0, 0.05) is 12.6 Å². The molecule has 1 nitrogen and oxygen atoms in total. The Bertz CT molecular complexity index is 333. The highest BCUT2D eigenvalue weighted by atomic mass is 19.4. The molecule has 1 heterocycles. The second-order valence-electron chi connectivity index (χ2n) is 3.84. The first-order chi connectivity index (χ1) is 7.00. The molecule has 0 amide bonds. The lowest BCUT2D eigenvalue weighted by Gasteiger charge is -2.15. The first-order valence-corrected chi connectivity index (χ1v) is 4.87. The highest BCUT2D eigenvalue weighted by Crippen LogP contribution is 2.40. The van der Waals surface area contributed by atoms with E-state index >= 15 is 0 Å². The third-order valence-electron chi connectivity index (χ3n) is 2.81. The van der Waals surface area contributed by atoms with Crippen molar-refractivity contribution in [3.8, 4) is 0 Å². The lowest BCUT2D eigenvalue weighted by Crippen LogP contribution is -2.22. The van der Waals surface area contributed by atoms with Gasteiger partial charge in [0.05, 0.1) is 0 Å². The zero-order valence-corrected chi connectivity index (χ0v) is 8.33. The van der Waals surface area contributed by atoms with Crippen molar-refractivity contribution in [2.75, 3.05) is 6.54 Å². The second-order valence-corrected chi connectivity index (χ2v) is 3.84. The summed E-state index contributed by atoms with van der Waals surface area (Å²) in [5.74, 6) is 0. The summed E-state index contributed by atoms with van der Waals surface area (Å²) in [6.07, 6.45) is -4.08. The fraction of sp³-hybridized carbons (Fsp3) is 0.455. The fourth-order valence-electron chi connectivity index (χ4n) is 1.80. The Morgan fingerprint density at radius 2 is 1.87 bits per heavy atom. The van der Waals surface area contributed by atoms with Gasteiger partial charge >= 0.3 is 6.18 Å². The van der Waals surface area contributed by atoms with Crippen molar-refractivity contribution in [3.63, 3.8) is 0 Å². The van der Waals surface area contributed by atoms with Gasteiger partial charge in [-0.1, -0.05) is 30.3 Å². The van der Waals surface area contributed by atoms with Gasteiger partial charge < -0.3 is 0 Å². The molecule has 1 aromatic carbocycles. The van der Waals surface area contributed by atoms with Crippen molar-refractivity contribution in [2.24, 2.45) is 0 Å². The first kappa shape index (κ1) is 10.5. The van der Waals surface area contributed by atoms with Gasteiger partial charge in [-0.15, -0.1) is 0 Å². The van der Waals surface area contributed by atoms with Crippen LogP contribution in [0.25, 0.3) is 0 Å². The Kier molecular flexibility index (Phi) is 2.46. The van der Waals surface area contributed by atoms with E-state index in [2.05, 4.69) is 0 Å². The smallest absolute Gasteiger partial charge is 0.282 e. The minimum Gasteiger partial charge on any atom is -0.282 e. The molecule has 0 spiro atoms. The first-order valence-electron chi connectivity index (χ1n) is 4.87. The predicted octanol–water partition coefficient (Wildman–Crippen LogP) is 2.99. The third-order valence-corrected chi connectivity index (χ3v) is 2.81. The number of nitrogens with zero attached hydrogens (tertiary/aromatic N) is 1. The Labute approximate surface area is 86.5 Å². The molecule has 2 rings (SSSR count). The normalized spacial score (nSPS) is 27.5. The molecule has 1 aliphatic heterocycles. The maximum absolute atomic E-state index is 12.3. The lowest BCUT2D eigenvalue weighted by molar-refractivity contribution is -0.138. The minimum atomic E-state index is -4.08. The van der Waals surface area contributed by atoms with Crippen molar-refractivity contribution < 1.29 is 13.2 Å². The molecule has 0 aromatic heterocycles. The van der Waals surface area contributed by atoms with Crippen LogP contribution >= 0.6 is 0 Å². The minimum absolute atomic E-state index is 0.125. The molecule has 82 valence electrons. The topological polar surface area (TPSA) is 3.01 Å². The van der Waals surface area contributed by atoms with Crippen molar-refractivity contribution in [1.29, 1.82) is 0 Å². The van der Waals surface area contributed by atoms with Crippen LogP contribution in [0.15, 0.2) is 30.3 Å². The van der Waals surface area contributed by atoms with Crippen LogP contribution in [-0.2, 0) is 0 Å². The number of hydrogen-bond donors (Lipinski definition) is 0. The summed E-state index contributed by atoms with van der Waals surface area (Å²) in [6, 6.07) is 7.87. The Balaban J connectivity index is 2.04. The van der Waals surface area contributed by atoms with E-state index in [9.17, 15) is 13.2 Å². The summed E-state index contributed by atoms with van der Waals surface area (Å²) in [5, 5.41) is 0. The van der Waals surface area contributed by atoms with E-state index in [1.165, 1.54) is 4.90 Å². The molecule has 3 atom stereocenters. The summed E-state index contributed by atoms with van der Waals surface area (Å²) >= 11 is 0. The number of hydrogen-bond acceptors (Lipinski definition) is 1. The van der Waals surface area contributed by atoms with Crippen LogP contribution in [-0.4, -0.2) is 23.7 Å². The van der Waals surface area contributed by atoms with Crippen molar-refractivity contribution >= 4 is 0 Å². The molecule has 1 saturated heterocycles. The molecular formula is C11H12F3N. The van der Waals surface area contributed by atoms with Crippen LogP contribution in [0.4, 0.5) is 13.2 Å². The second kappa shape index (κ2) is 3.52. The van der Waals surface area contributed by atoms with Gasteiger partial charge in [0.2, 0.25) is 0 Å². The van der Waals surface area contributed by atoms with Crippen LogP contribution in [0.1, 0.15) is 18.5 Å². The van der Waals surface area contributed by atoms with Gasteiger partial charge in [0.25, 0.3) is 0 Å². The van der Waals surface area contributed by atoms with Gasteiger partial charge in [0.15, 0.2) is 0 Å². The summed E-state index contributed by atoms with van der Waals surface area (Å²) in [7, 11) is 0. The quantitative estimate of drug-likeness (QED) is 0.685. The zero-order chi connectivity index (χ0) is 11.1. The fourth-order valence-corrected chi connectivity index (χ4v) is 1.80. The highest BCUT2D eigenvalue weighted by Gasteiger charge is 2.55. The SMILES string of the molecule is C[C@@H](c1ccccc1)N1C[C@H]1C(F)(F)F. The standard InChI is InChI=1S/C11H12F3N/c1-8(9-5-3-2-4-6-9)15-7-10(15)11(12,13)14/h2-6,8,10H,7H2,1H3/t8-,10-,15?/m0/s1. The van der Waals surface area contributed by atoms with Crippen LogP contribution < -0.4 is 0 Å². The molecule has 1 aliphatic rings. The molecule has 0 bridgehead atoms. The molecule has 1 fully saturated rings. The van der Waals surface area contributed by atoms with Gasteiger partial charge in [-0.05, 0) is 12.5 Å².